The molecule has 0 bridgehead atoms. The van der Waals surface area contributed by atoms with Crippen molar-refractivity contribution in [3.8, 4) is 0 Å². The Hall–Kier alpha value is -1.40. The Morgan fingerprint density at radius 3 is 3.09 bits per heavy atom. The van der Waals surface area contributed by atoms with Crippen LogP contribution in [-0.2, 0) is 11.3 Å². The van der Waals surface area contributed by atoms with E-state index in [0.29, 0.717) is 24.7 Å². The summed E-state index contributed by atoms with van der Waals surface area (Å²) < 4.78 is 5.68. The number of fused-ring (bicyclic) bond motifs is 1. The topological polar surface area (TPSA) is 71.3 Å². The molecule has 0 radical (unpaired) electrons. The van der Waals surface area contributed by atoms with Crippen molar-refractivity contribution in [2.24, 2.45) is 5.73 Å². The van der Waals surface area contributed by atoms with Crippen LogP contribution >= 0.6 is 11.6 Å². The van der Waals surface area contributed by atoms with Gasteiger partial charge < -0.3 is 15.5 Å². The van der Waals surface area contributed by atoms with Gasteiger partial charge in [0.15, 0.2) is 0 Å². The number of H-pyrrole nitrogens is 1. The Balaban J connectivity index is 1.80. The third-order valence-electron chi connectivity index (χ3n) is 3.99. The summed E-state index contributed by atoms with van der Waals surface area (Å²) in [5.74, 6) is 0. The molecule has 2 aromatic rings. The molecule has 1 fully saturated rings. The van der Waals surface area contributed by atoms with Crippen LogP contribution in [-0.4, -0.2) is 42.2 Å². The molecule has 3 N–H and O–H groups in total. The molecule has 5 nitrogen and oxygen atoms in total. The minimum absolute atomic E-state index is 0.0587. The molecular weight excluding hydrogens is 302 g/mol. The van der Waals surface area contributed by atoms with Crippen molar-refractivity contribution in [1.29, 1.82) is 0 Å². The van der Waals surface area contributed by atoms with Crippen molar-refractivity contribution in [3.05, 3.63) is 45.2 Å². The van der Waals surface area contributed by atoms with Crippen LogP contribution in [0.2, 0.25) is 5.02 Å². The highest BCUT2D eigenvalue weighted by atomic mass is 35.5. The molecule has 118 valence electrons. The molecule has 0 aliphatic carbocycles. The van der Waals surface area contributed by atoms with Gasteiger partial charge in [-0.25, -0.2) is 0 Å². The number of aromatic nitrogens is 1. The van der Waals surface area contributed by atoms with Crippen LogP contribution in [0, 0.1) is 0 Å². The lowest BCUT2D eigenvalue weighted by atomic mass is 10.1. The number of nitrogens with zero attached hydrogens (tertiary/aromatic N) is 1. The van der Waals surface area contributed by atoms with E-state index in [9.17, 15) is 4.79 Å². The monoisotopic (exact) mass is 321 g/mol. The van der Waals surface area contributed by atoms with E-state index in [-0.39, 0.29) is 11.7 Å². The molecule has 1 aliphatic rings. The summed E-state index contributed by atoms with van der Waals surface area (Å²) in [7, 11) is 0. The quantitative estimate of drug-likeness (QED) is 0.899. The van der Waals surface area contributed by atoms with Gasteiger partial charge in [-0.15, -0.1) is 0 Å². The molecule has 1 saturated heterocycles. The summed E-state index contributed by atoms with van der Waals surface area (Å²) in [4.78, 5) is 17.4. The number of ether oxygens (including phenoxy) is 1. The zero-order valence-electron chi connectivity index (χ0n) is 12.3. The number of morpholine rings is 1. The number of benzene rings is 1. The highest BCUT2D eigenvalue weighted by Gasteiger charge is 2.20. The standard InChI is InChI=1S/C16H20ClN3O2/c17-13-2-1-11-7-12(16(21)19-15(11)8-13)9-20-5-6-22-14(10-20)3-4-18/h1-2,7-8,14H,3-6,9-10,18H2,(H,19,21). The molecule has 0 amide bonds. The maximum absolute atomic E-state index is 12.2. The first kappa shape index (κ1) is 15.5. The Morgan fingerprint density at radius 1 is 1.41 bits per heavy atom. The Bertz CT molecular complexity index is 714. The highest BCUT2D eigenvalue weighted by molar-refractivity contribution is 6.31. The predicted octanol–water partition coefficient (Wildman–Crippen LogP) is 1.73. The summed E-state index contributed by atoms with van der Waals surface area (Å²) in [6, 6.07) is 7.47. The van der Waals surface area contributed by atoms with Crippen molar-refractivity contribution < 1.29 is 4.74 Å². The van der Waals surface area contributed by atoms with Gasteiger partial charge in [-0.1, -0.05) is 17.7 Å². The smallest absolute Gasteiger partial charge is 0.252 e. The van der Waals surface area contributed by atoms with E-state index in [4.69, 9.17) is 22.1 Å². The number of hydrogen-bond donors (Lipinski definition) is 2. The van der Waals surface area contributed by atoms with E-state index in [2.05, 4.69) is 9.88 Å². The molecule has 1 aromatic carbocycles. The van der Waals surface area contributed by atoms with E-state index >= 15 is 0 Å². The Morgan fingerprint density at radius 2 is 2.27 bits per heavy atom. The first-order valence-corrected chi connectivity index (χ1v) is 7.89. The predicted molar refractivity (Wildman–Crippen MR) is 88.3 cm³/mol. The lowest BCUT2D eigenvalue weighted by molar-refractivity contribution is -0.0336. The number of nitrogens with one attached hydrogen (secondary N) is 1. The number of rotatable bonds is 4. The van der Waals surface area contributed by atoms with E-state index < -0.39 is 0 Å². The zero-order valence-corrected chi connectivity index (χ0v) is 13.1. The lowest BCUT2D eigenvalue weighted by Gasteiger charge is -2.32. The molecule has 1 aliphatic heterocycles. The van der Waals surface area contributed by atoms with Crippen molar-refractivity contribution in [2.75, 3.05) is 26.2 Å². The van der Waals surface area contributed by atoms with Crippen molar-refractivity contribution in [3.63, 3.8) is 0 Å². The third kappa shape index (κ3) is 3.50. The third-order valence-corrected chi connectivity index (χ3v) is 4.23. The minimum Gasteiger partial charge on any atom is -0.376 e. The number of pyridine rings is 1. The van der Waals surface area contributed by atoms with Crippen molar-refractivity contribution in [2.45, 2.75) is 19.1 Å². The Labute approximate surface area is 134 Å². The van der Waals surface area contributed by atoms with Crippen LogP contribution < -0.4 is 11.3 Å². The average molecular weight is 322 g/mol. The normalized spacial score (nSPS) is 19.6. The molecule has 1 unspecified atom stereocenters. The summed E-state index contributed by atoms with van der Waals surface area (Å²) >= 11 is 5.96. The van der Waals surface area contributed by atoms with Gasteiger partial charge in [-0.05, 0) is 36.6 Å². The Kier molecular flexibility index (Phi) is 4.78. The number of aromatic amines is 1. The van der Waals surface area contributed by atoms with Crippen LogP contribution in [0.15, 0.2) is 29.1 Å². The molecular formula is C16H20ClN3O2. The van der Waals surface area contributed by atoms with Gasteiger partial charge in [0.2, 0.25) is 0 Å². The first-order valence-electron chi connectivity index (χ1n) is 7.51. The largest absolute Gasteiger partial charge is 0.376 e. The molecule has 0 spiro atoms. The van der Waals surface area contributed by atoms with Crippen molar-refractivity contribution in [1.82, 2.24) is 9.88 Å². The molecule has 3 rings (SSSR count). The molecule has 1 atom stereocenters. The van der Waals surface area contributed by atoms with Gasteiger partial charge in [-0.2, -0.15) is 0 Å². The van der Waals surface area contributed by atoms with Gasteiger partial charge in [0.05, 0.1) is 12.7 Å². The second-order valence-electron chi connectivity index (χ2n) is 5.66. The van der Waals surface area contributed by atoms with Gasteiger partial charge in [0, 0.05) is 35.7 Å². The summed E-state index contributed by atoms with van der Waals surface area (Å²) in [6.45, 7) is 3.58. The van der Waals surface area contributed by atoms with E-state index in [1.807, 2.05) is 18.2 Å². The molecule has 2 heterocycles. The van der Waals surface area contributed by atoms with Crippen LogP contribution in [0.4, 0.5) is 0 Å². The second-order valence-corrected chi connectivity index (χ2v) is 6.10. The maximum atomic E-state index is 12.2. The first-order chi connectivity index (χ1) is 10.7. The summed E-state index contributed by atoms with van der Waals surface area (Å²) in [5, 5.41) is 1.61. The zero-order chi connectivity index (χ0) is 15.5. The lowest BCUT2D eigenvalue weighted by Crippen LogP contribution is -2.43. The summed E-state index contributed by atoms with van der Waals surface area (Å²) in [6.07, 6.45) is 1.01. The van der Waals surface area contributed by atoms with Gasteiger partial charge in [0.25, 0.3) is 5.56 Å². The van der Waals surface area contributed by atoms with Crippen LogP contribution in [0.5, 0.6) is 0 Å². The number of nitrogens with two attached hydrogens (primary N) is 1. The fourth-order valence-corrected chi connectivity index (χ4v) is 3.03. The van der Waals surface area contributed by atoms with Gasteiger partial charge in [0.1, 0.15) is 0 Å². The van der Waals surface area contributed by atoms with Crippen molar-refractivity contribution >= 4 is 22.5 Å². The van der Waals surface area contributed by atoms with Gasteiger partial charge >= 0.3 is 0 Å². The van der Waals surface area contributed by atoms with Crippen LogP contribution in [0.1, 0.15) is 12.0 Å². The fourth-order valence-electron chi connectivity index (χ4n) is 2.86. The van der Waals surface area contributed by atoms with E-state index in [1.54, 1.807) is 6.07 Å². The summed E-state index contributed by atoms with van der Waals surface area (Å²) in [5.41, 5.74) is 7.07. The second kappa shape index (κ2) is 6.79. The fraction of sp³-hybridized carbons (Fsp3) is 0.438. The van der Waals surface area contributed by atoms with Gasteiger partial charge in [-0.3, -0.25) is 9.69 Å². The number of halogens is 1. The average Bonchev–Trinajstić information content (AvgIpc) is 2.49. The maximum Gasteiger partial charge on any atom is 0.252 e. The molecule has 1 aromatic heterocycles. The van der Waals surface area contributed by atoms with E-state index in [0.717, 1.165) is 36.0 Å². The SMILES string of the molecule is NCCC1CN(Cc2cc3ccc(Cl)cc3[nH]c2=O)CCO1. The number of hydrogen-bond acceptors (Lipinski definition) is 4. The molecule has 6 heteroatoms. The van der Waals surface area contributed by atoms with E-state index in [1.165, 1.54) is 0 Å². The molecule has 0 saturated carbocycles. The van der Waals surface area contributed by atoms with Crippen LogP contribution in [0.3, 0.4) is 0 Å². The van der Waals surface area contributed by atoms with Crippen LogP contribution in [0.25, 0.3) is 10.9 Å². The minimum atomic E-state index is -0.0587. The highest BCUT2D eigenvalue weighted by Crippen LogP contribution is 2.18. The molecule has 22 heavy (non-hydrogen) atoms.